The molecule has 3 heteroatoms. The van der Waals surface area contributed by atoms with Crippen LogP contribution >= 0.6 is 11.3 Å². The number of carbonyl (C=O) groups is 1. The zero-order valence-electron chi connectivity index (χ0n) is 10.9. The molecule has 0 aliphatic heterocycles. The molecule has 0 atom stereocenters. The average molecular weight is 253 g/mol. The van der Waals surface area contributed by atoms with E-state index in [2.05, 4.69) is 18.7 Å². The summed E-state index contributed by atoms with van der Waals surface area (Å²) < 4.78 is 0. The van der Waals surface area contributed by atoms with E-state index in [-0.39, 0.29) is 5.78 Å². The maximum atomic E-state index is 11.9. The molecule has 1 heterocycles. The van der Waals surface area contributed by atoms with Crippen molar-refractivity contribution in [2.45, 2.75) is 39.5 Å². The largest absolute Gasteiger partial charge is 0.303 e. The molecule has 1 aromatic heterocycles. The van der Waals surface area contributed by atoms with Gasteiger partial charge in [0, 0.05) is 13.0 Å². The van der Waals surface area contributed by atoms with Crippen LogP contribution in [0.25, 0.3) is 0 Å². The Morgan fingerprint density at radius 1 is 1.24 bits per heavy atom. The molecule has 96 valence electrons. The third-order valence-electron chi connectivity index (χ3n) is 2.82. The summed E-state index contributed by atoms with van der Waals surface area (Å²) in [5, 5.41) is 1.97. The molecule has 0 spiro atoms. The third kappa shape index (κ3) is 5.46. The van der Waals surface area contributed by atoms with Crippen molar-refractivity contribution in [3.05, 3.63) is 22.4 Å². The van der Waals surface area contributed by atoms with E-state index < -0.39 is 0 Å². The summed E-state index contributed by atoms with van der Waals surface area (Å²) in [7, 11) is 0. The van der Waals surface area contributed by atoms with E-state index >= 15 is 0 Å². The van der Waals surface area contributed by atoms with Gasteiger partial charge in [-0.15, -0.1) is 11.3 Å². The van der Waals surface area contributed by atoms with E-state index in [0.717, 1.165) is 30.9 Å². The molecule has 0 aliphatic rings. The lowest BCUT2D eigenvalue weighted by Crippen LogP contribution is -2.28. The van der Waals surface area contributed by atoms with Crippen molar-refractivity contribution in [3.8, 4) is 0 Å². The Balaban J connectivity index is 2.32. The normalized spacial score (nSPS) is 11.0. The number of rotatable bonds is 9. The van der Waals surface area contributed by atoms with Crippen LogP contribution < -0.4 is 0 Å². The highest BCUT2D eigenvalue weighted by Crippen LogP contribution is 2.11. The lowest BCUT2D eigenvalue weighted by Gasteiger charge is -2.20. The van der Waals surface area contributed by atoms with Crippen molar-refractivity contribution in [2.24, 2.45) is 0 Å². The van der Waals surface area contributed by atoms with Crippen molar-refractivity contribution >= 4 is 17.1 Å². The summed E-state index contributed by atoms with van der Waals surface area (Å²) in [5.41, 5.74) is 0. The van der Waals surface area contributed by atoms with E-state index in [4.69, 9.17) is 0 Å². The summed E-state index contributed by atoms with van der Waals surface area (Å²) in [6.45, 7) is 7.55. The number of thiophene rings is 1. The first-order valence-electron chi connectivity index (χ1n) is 6.57. The molecule has 0 N–H and O–H groups in total. The number of nitrogens with zero attached hydrogens (tertiary/aromatic N) is 1. The maximum absolute atomic E-state index is 11.9. The number of Topliss-reactive ketones (excluding diaryl/α,β-unsaturated/α-hetero) is 1. The molecule has 0 fully saturated rings. The second kappa shape index (κ2) is 8.43. The minimum atomic E-state index is 0.289. The van der Waals surface area contributed by atoms with Gasteiger partial charge < -0.3 is 4.90 Å². The quantitative estimate of drug-likeness (QED) is 0.623. The monoisotopic (exact) mass is 253 g/mol. The minimum Gasteiger partial charge on any atom is -0.303 e. The topological polar surface area (TPSA) is 20.3 Å². The van der Waals surface area contributed by atoms with Crippen LogP contribution in [0.3, 0.4) is 0 Å². The second-order valence-electron chi connectivity index (χ2n) is 4.35. The molecule has 0 radical (unpaired) electrons. The van der Waals surface area contributed by atoms with Crippen molar-refractivity contribution in [1.82, 2.24) is 4.90 Å². The van der Waals surface area contributed by atoms with Crippen molar-refractivity contribution in [3.63, 3.8) is 0 Å². The number of hydrogen-bond donors (Lipinski definition) is 0. The number of hydrogen-bond acceptors (Lipinski definition) is 3. The molecule has 1 aromatic rings. The van der Waals surface area contributed by atoms with Gasteiger partial charge in [0.05, 0.1) is 4.88 Å². The molecular formula is C14H23NOS. The standard InChI is InChI=1S/C14H23NOS/c1-3-5-10-15(9-4-2)11-8-13(16)14-7-6-12-17-14/h6-7,12H,3-5,8-11H2,1-2H3. The van der Waals surface area contributed by atoms with Gasteiger partial charge in [0.2, 0.25) is 0 Å². The van der Waals surface area contributed by atoms with Gasteiger partial charge in [0.25, 0.3) is 0 Å². The Labute approximate surface area is 109 Å². The first kappa shape index (κ1) is 14.4. The van der Waals surface area contributed by atoms with E-state index in [1.54, 1.807) is 11.3 Å². The lowest BCUT2D eigenvalue weighted by atomic mass is 10.2. The molecule has 17 heavy (non-hydrogen) atoms. The van der Waals surface area contributed by atoms with Gasteiger partial charge in [-0.3, -0.25) is 4.79 Å². The van der Waals surface area contributed by atoms with Gasteiger partial charge >= 0.3 is 0 Å². The molecule has 0 aliphatic carbocycles. The molecule has 0 unspecified atom stereocenters. The summed E-state index contributed by atoms with van der Waals surface area (Å²) >= 11 is 1.55. The predicted molar refractivity (Wildman–Crippen MR) is 74.9 cm³/mol. The van der Waals surface area contributed by atoms with Gasteiger partial charge in [-0.05, 0) is 37.4 Å². The van der Waals surface area contributed by atoms with E-state index in [1.165, 1.54) is 12.8 Å². The average Bonchev–Trinajstić information content (AvgIpc) is 2.86. The van der Waals surface area contributed by atoms with Crippen molar-refractivity contribution < 1.29 is 4.79 Å². The summed E-state index contributed by atoms with van der Waals surface area (Å²) in [6, 6.07) is 3.86. The maximum Gasteiger partial charge on any atom is 0.174 e. The summed E-state index contributed by atoms with van der Waals surface area (Å²) in [4.78, 5) is 15.2. The van der Waals surface area contributed by atoms with Gasteiger partial charge in [-0.25, -0.2) is 0 Å². The van der Waals surface area contributed by atoms with Crippen LogP contribution in [0.1, 0.15) is 49.2 Å². The molecule has 1 rings (SSSR count). The van der Waals surface area contributed by atoms with Crippen LogP contribution in [0.4, 0.5) is 0 Å². The Bertz CT molecular complexity index is 308. The van der Waals surface area contributed by atoms with Crippen LogP contribution in [0.2, 0.25) is 0 Å². The van der Waals surface area contributed by atoms with Crippen molar-refractivity contribution in [2.75, 3.05) is 19.6 Å². The summed E-state index contributed by atoms with van der Waals surface area (Å²) in [6.07, 6.45) is 4.27. The highest BCUT2D eigenvalue weighted by Gasteiger charge is 2.09. The SMILES string of the molecule is CCCCN(CCC)CCC(=O)c1cccs1. The van der Waals surface area contributed by atoms with Crippen LogP contribution in [0, 0.1) is 0 Å². The molecule has 0 saturated heterocycles. The van der Waals surface area contributed by atoms with Gasteiger partial charge in [0.1, 0.15) is 0 Å². The Kier molecular flexibility index (Phi) is 7.13. The highest BCUT2D eigenvalue weighted by molar-refractivity contribution is 7.12. The van der Waals surface area contributed by atoms with Gasteiger partial charge in [-0.1, -0.05) is 26.3 Å². The van der Waals surface area contributed by atoms with Crippen LogP contribution in [0.15, 0.2) is 17.5 Å². The first-order chi connectivity index (χ1) is 8.27. The number of unbranched alkanes of at least 4 members (excludes halogenated alkanes) is 1. The first-order valence-corrected chi connectivity index (χ1v) is 7.45. The zero-order valence-corrected chi connectivity index (χ0v) is 11.8. The van der Waals surface area contributed by atoms with E-state index in [1.807, 2.05) is 17.5 Å². The van der Waals surface area contributed by atoms with Crippen LogP contribution in [-0.4, -0.2) is 30.3 Å². The zero-order chi connectivity index (χ0) is 12.5. The molecule has 0 bridgehead atoms. The fraction of sp³-hybridized carbons (Fsp3) is 0.643. The fourth-order valence-corrected chi connectivity index (χ4v) is 2.55. The Morgan fingerprint density at radius 3 is 2.65 bits per heavy atom. The van der Waals surface area contributed by atoms with E-state index in [0.29, 0.717) is 6.42 Å². The Hall–Kier alpha value is -0.670. The minimum absolute atomic E-state index is 0.289. The summed E-state index contributed by atoms with van der Waals surface area (Å²) in [5.74, 6) is 0.289. The fourth-order valence-electron chi connectivity index (χ4n) is 1.85. The Morgan fingerprint density at radius 2 is 2.06 bits per heavy atom. The molecule has 2 nitrogen and oxygen atoms in total. The predicted octanol–water partition coefficient (Wildman–Crippen LogP) is 3.83. The van der Waals surface area contributed by atoms with Crippen molar-refractivity contribution in [1.29, 1.82) is 0 Å². The number of ketones is 1. The molecule has 0 amide bonds. The third-order valence-corrected chi connectivity index (χ3v) is 3.73. The molecular weight excluding hydrogens is 230 g/mol. The second-order valence-corrected chi connectivity index (χ2v) is 5.29. The van der Waals surface area contributed by atoms with Gasteiger partial charge in [0.15, 0.2) is 5.78 Å². The lowest BCUT2D eigenvalue weighted by molar-refractivity contribution is 0.0967. The highest BCUT2D eigenvalue weighted by atomic mass is 32.1. The smallest absolute Gasteiger partial charge is 0.174 e. The van der Waals surface area contributed by atoms with E-state index in [9.17, 15) is 4.79 Å². The van der Waals surface area contributed by atoms with Crippen LogP contribution in [0.5, 0.6) is 0 Å². The van der Waals surface area contributed by atoms with Gasteiger partial charge in [-0.2, -0.15) is 0 Å². The molecule has 0 saturated carbocycles. The molecule has 0 aromatic carbocycles. The number of carbonyl (C=O) groups excluding carboxylic acids is 1. The van der Waals surface area contributed by atoms with Crippen LogP contribution in [-0.2, 0) is 0 Å².